The van der Waals surface area contributed by atoms with Gasteiger partial charge in [-0.3, -0.25) is 9.59 Å². The predicted molar refractivity (Wildman–Crippen MR) is 79.3 cm³/mol. The molecule has 0 aliphatic carbocycles. The van der Waals surface area contributed by atoms with Gasteiger partial charge in [0.2, 0.25) is 0 Å². The summed E-state index contributed by atoms with van der Waals surface area (Å²) in [7, 11) is 0. The smallest absolute Gasteiger partial charge is 0.252 e. The van der Waals surface area contributed by atoms with Gasteiger partial charge in [0.05, 0.1) is 0 Å². The molecule has 0 aromatic heterocycles. The lowest BCUT2D eigenvalue weighted by Gasteiger charge is -2.22. The van der Waals surface area contributed by atoms with E-state index < -0.39 is 10.5 Å². The summed E-state index contributed by atoms with van der Waals surface area (Å²) in [5, 5.41) is 2.28. The first-order chi connectivity index (χ1) is 9.54. The number of carbonyl (C=O) groups excluding carboxylic acids is 2. The molecular formula is C15H9Cl2NO2. The molecule has 3 nitrogen and oxygen atoms in total. The van der Waals surface area contributed by atoms with Gasteiger partial charge < -0.3 is 5.32 Å². The average molecular weight is 306 g/mol. The van der Waals surface area contributed by atoms with Gasteiger partial charge in [-0.25, -0.2) is 0 Å². The molecule has 0 amide bonds. The normalized spacial score (nSPS) is 12.1. The lowest BCUT2D eigenvalue weighted by molar-refractivity contribution is 0.107. The van der Waals surface area contributed by atoms with Crippen molar-refractivity contribution in [3.8, 4) is 0 Å². The third kappa shape index (κ3) is 2.30. The van der Waals surface area contributed by atoms with Crippen LogP contribution in [0.15, 0.2) is 36.4 Å². The van der Waals surface area contributed by atoms with Gasteiger partial charge in [-0.1, -0.05) is 6.07 Å². The van der Waals surface area contributed by atoms with Crippen LogP contribution in [0.1, 0.15) is 31.8 Å². The van der Waals surface area contributed by atoms with Crippen molar-refractivity contribution in [2.75, 3.05) is 5.32 Å². The highest BCUT2D eigenvalue weighted by Gasteiger charge is 2.17. The van der Waals surface area contributed by atoms with Gasteiger partial charge in [-0.15, -0.1) is 0 Å². The third-order valence-electron chi connectivity index (χ3n) is 3.32. The second kappa shape index (κ2) is 4.93. The van der Waals surface area contributed by atoms with Crippen molar-refractivity contribution in [2.45, 2.75) is 6.42 Å². The minimum absolute atomic E-state index is 0.453. The fourth-order valence-corrected chi connectivity index (χ4v) is 2.54. The largest absolute Gasteiger partial charge is 0.355 e. The highest BCUT2D eigenvalue weighted by Crippen LogP contribution is 2.34. The molecule has 0 bridgehead atoms. The first-order valence-electron chi connectivity index (χ1n) is 5.97. The number of halogens is 2. The third-order valence-corrected chi connectivity index (χ3v) is 3.76. The molecule has 1 aliphatic rings. The molecule has 1 heterocycles. The minimum Gasteiger partial charge on any atom is -0.355 e. The maximum Gasteiger partial charge on any atom is 0.252 e. The molecule has 0 fully saturated rings. The van der Waals surface area contributed by atoms with Crippen molar-refractivity contribution in [1.29, 1.82) is 0 Å². The van der Waals surface area contributed by atoms with Gasteiger partial charge in [-0.05, 0) is 64.7 Å². The molecule has 100 valence electrons. The van der Waals surface area contributed by atoms with Crippen molar-refractivity contribution in [3.63, 3.8) is 0 Å². The van der Waals surface area contributed by atoms with Crippen LogP contribution in [0.3, 0.4) is 0 Å². The van der Waals surface area contributed by atoms with Crippen LogP contribution in [0, 0.1) is 0 Å². The number of anilines is 2. The fourth-order valence-electron chi connectivity index (χ4n) is 2.30. The second-order valence-electron chi connectivity index (χ2n) is 4.59. The highest BCUT2D eigenvalue weighted by atomic mass is 35.5. The standard InChI is InChI=1S/C15H9Cl2NO2/c16-14(19)9-3-4-12-11(6-9)5-8-1-2-10(15(17)20)7-13(8)18-12/h1-4,6-7,18H,5H2. The Morgan fingerprint density at radius 1 is 0.850 bits per heavy atom. The molecule has 0 saturated carbocycles. The molecule has 20 heavy (non-hydrogen) atoms. The van der Waals surface area contributed by atoms with E-state index in [4.69, 9.17) is 23.2 Å². The number of hydrogen-bond donors (Lipinski definition) is 1. The van der Waals surface area contributed by atoms with Gasteiger partial charge in [0.25, 0.3) is 10.5 Å². The Kier molecular flexibility index (Phi) is 3.24. The zero-order valence-corrected chi connectivity index (χ0v) is 11.8. The number of nitrogens with one attached hydrogen (secondary N) is 1. The van der Waals surface area contributed by atoms with E-state index >= 15 is 0 Å². The summed E-state index contributed by atoms with van der Waals surface area (Å²) in [4.78, 5) is 22.4. The topological polar surface area (TPSA) is 46.2 Å². The molecule has 5 heteroatoms. The molecule has 1 aliphatic heterocycles. The Bertz CT molecular complexity index is 677. The molecule has 0 spiro atoms. The van der Waals surface area contributed by atoms with Crippen LogP contribution < -0.4 is 5.32 Å². The van der Waals surface area contributed by atoms with E-state index in [-0.39, 0.29) is 0 Å². The Hall–Kier alpha value is -1.84. The number of hydrogen-bond acceptors (Lipinski definition) is 3. The van der Waals surface area contributed by atoms with Gasteiger partial charge in [0.15, 0.2) is 0 Å². The predicted octanol–water partition coefficient (Wildman–Crippen LogP) is 4.09. The minimum atomic E-state index is -0.483. The molecule has 0 unspecified atom stereocenters. The van der Waals surface area contributed by atoms with Crippen LogP contribution in [-0.4, -0.2) is 10.5 Å². The molecule has 2 aromatic carbocycles. The van der Waals surface area contributed by atoms with Gasteiger partial charge in [-0.2, -0.15) is 0 Å². The molecular weight excluding hydrogens is 297 g/mol. The molecule has 0 atom stereocenters. The number of benzene rings is 2. The molecule has 0 radical (unpaired) electrons. The zero-order chi connectivity index (χ0) is 14.3. The van der Waals surface area contributed by atoms with Crippen LogP contribution in [0.25, 0.3) is 0 Å². The van der Waals surface area contributed by atoms with Crippen LogP contribution in [-0.2, 0) is 6.42 Å². The summed E-state index contributed by atoms with van der Waals surface area (Å²) in [6.07, 6.45) is 0.673. The molecule has 2 aromatic rings. The summed E-state index contributed by atoms with van der Waals surface area (Å²) in [5.41, 5.74) is 4.72. The van der Waals surface area contributed by atoms with Crippen LogP contribution in [0.2, 0.25) is 0 Å². The molecule has 1 N–H and O–H groups in total. The summed E-state index contributed by atoms with van der Waals surface area (Å²) in [6, 6.07) is 10.5. The van der Waals surface area contributed by atoms with Crippen molar-refractivity contribution in [2.24, 2.45) is 0 Å². The van der Waals surface area contributed by atoms with Gasteiger partial charge in [0, 0.05) is 28.9 Å². The lowest BCUT2D eigenvalue weighted by Crippen LogP contribution is -2.08. The molecule has 0 saturated heterocycles. The monoisotopic (exact) mass is 305 g/mol. The van der Waals surface area contributed by atoms with Crippen molar-refractivity contribution >= 4 is 45.1 Å². The van der Waals surface area contributed by atoms with E-state index in [0.717, 1.165) is 22.5 Å². The van der Waals surface area contributed by atoms with Gasteiger partial charge >= 0.3 is 0 Å². The quantitative estimate of drug-likeness (QED) is 0.725. The van der Waals surface area contributed by atoms with E-state index in [9.17, 15) is 9.59 Å². The van der Waals surface area contributed by atoms with Gasteiger partial charge in [0.1, 0.15) is 0 Å². The fraction of sp³-hybridized carbons (Fsp3) is 0.0667. The summed E-state index contributed by atoms with van der Waals surface area (Å²) < 4.78 is 0. The van der Waals surface area contributed by atoms with E-state index in [1.807, 2.05) is 12.1 Å². The Morgan fingerprint density at radius 2 is 1.50 bits per heavy atom. The van der Waals surface area contributed by atoms with E-state index in [1.165, 1.54) is 0 Å². The van der Waals surface area contributed by atoms with E-state index in [2.05, 4.69) is 5.32 Å². The van der Waals surface area contributed by atoms with E-state index in [1.54, 1.807) is 24.3 Å². The SMILES string of the molecule is O=C(Cl)c1ccc2c(c1)Cc1ccc(C(=O)Cl)cc1N2. The van der Waals surface area contributed by atoms with Crippen LogP contribution >= 0.6 is 23.2 Å². The Labute approximate surface area is 125 Å². The maximum absolute atomic E-state index is 11.2. The van der Waals surface area contributed by atoms with Crippen molar-refractivity contribution in [3.05, 3.63) is 58.7 Å². The first kappa shape index (κ1) is 13.2. The summed E-state index contributed by atoms with van der Waals surface area (Å²) >= 11 is 11.0. The summed E-state index contributed by atoms with van der Waals surface area (Å²) in [6.45, 7) is 0. The van der Waals surface area contributed by atoms with E-state index in [0.29, 0.717) is 17.5 Å². The Morgan fingerprint density at radius 3 is 2.20 bits per heavy atom. The maximum atomic E-state index is 11.2. The number of carbonyl (C=O) groups is 2. The highest BCUT2D eigenvalue weighted by molar-refractivity contribution is 6.68. The average Bonchev–Trinajstić information content (AvgIpc) is 2.43. The zero-order valence-electron chi connectivity index (χ0n) is 10.2. The second-order valence-corrected chi connectivity index (χ2v) is 5.28. The van der Waals surface area contributed by atoms with Crippen LogP contribution in [0.5, 0.6) is 0 Å². The van der Waals surface area contributed by atoms with Crippen LogP contribution in [0.4, 0.5) is 11.4 Å². The number of fused-ring (bicyclic) bond motifs is 2. The Balaban J connectivity index is 2.02. The van der Waals surface area contributed by atoms with Crippen molar-refractivity contribution in [1.82, 2.24) is 0 Å². The number of rotatable bonds is 2. The lowest BCUT2D eigenvalue weighted by atomic mass is 9.95. The summed E-state index contributed by atoms with van der Waals surface area (Å²) in [5.74, 6) is 0. The van der Waals surface area contributed by atoms with Crippen molar-refractivity contribution < 1.29 is 9.59 Å². The molecule has 3 rings (SSSR count). The first-order valence-corrected chi connectivity index (χ1v) is 6.73.